The third-order valence-electron chi connectivity index (χ3n) is 5.21. The molecule has 1 amide bonds. The molecule has 0 aliphatic carbocycles. The number of amides is 1. The van der Waals surface area contributed by atoms with Gasteiger partial charge in [-0.1, -0.05) is 29.8 Å². The van der Waals surface area contributed by atoms with Crippen molar-refractivity contribution >= 4 is 11.7 Å². The molecule has 2 saturated heterocycles. The van der Waals surface area contributed by atoms with E-state index < -0.39 is 5.79 Å². The number of nitrogens with one attached hydrogen (secondary N) is 1. The van der Waals surface area contributed by atoms with E-state index in [9.17, 15) is 4.79 Å². The number of pyridine rings is 1. The fourth-order valence-electron chi connectivity index (χ4n) is 3.70. The average Bonchev–Trinajstić information content (AvgIpc) is 3.15. The molecular formula is C21H25N3O3. The lowest BCUT2D eigenvalue weighted by Gasteiger charge is -2.38. The lowest BCUT2D eigenvalue weighted by Crippen LogP contribution is -2.45. The Hall–Kier alpha value is -2.44. The Kier molecular flexibility index (Phi) is 5.09. The molecule has 142 valence electrons. The van der Waals surface area contributed by atoms with Gasteiger partial charge in [-0.15, -0.1) is 0 Å². The molecule has 4 rings (SSSR count). The van der Waals surface area contributed by atoms with Crippen molar-refractivity contribution in [1.82, 2.24) is 10.3 Å². The summed E-state index contributed by atoms with van der Waals surface area (Å²) >= 11 is 0. The van der Waals surface area contributed by atoms with Gasteiger partial charge in [0.05, 0.1) is 13.2 Å². The zero-order valence-electron chi connectivity index (χ0n) is 15.6. The first-order chi connectivity index (χ1) is 13.1. The molecule has 2 aromatic rings. The number of aromatic nitrogens is 1. The SMILES string of the molecule is Cc1cccc(CNC(=O)c2ccnc(N3CCC4(CC3)OCCO4)c2)c1. The average molecular weight is 367 g/mol. The topological polar surface area (TPSA) is 63.7 Å². The standard InChI is InChI=1S/C21H25N3O3/c1-16-3-2-4-17(13-16)15-23-20(25)18-5-8-22-19(14-18)24-9-6-21(7-10-24)26-11-12-27-21/h2-5,8,13-14H,6-7,9-12,15H2,1H3,(H,23,25). The van der Waals surface area contributed by atoms with Crippen molar-refractivity contribution in [3.63, 3.8) is 0 Å². The van der Waals surface area contributed by atoms with Gasteiger partial charge in [0.1, 0.15) is 5.82 Å². The van der Waals surface area contributed by atoms with E-state index in [1.54, 1.807) is 12.3 Å². The maximum Gasteiger partial charge on any atom is 0.251 e. The number of carbonyl (C=O) groups excluding carboxylic acids is 1. The second-order valence-electron chi connectivity index (χ2n) is 7.17. The van der Waals surface area contributed by atoms with Crippen LogP contribution in [-0.2, 0) is 16.0 Å². The van der Waals surface area contributed by atoms with Gasteiger partial charge in [0.25, 0.3) is 5.91 Å². The van der Waals surface area contributed by atoms with Gasteiger partial charge in [-0.2, -0.15) is 0 Å². The minimum atomic E-state index is -0.403. The van der Waals surface area contributed by atoms with Crippen LogP contribution >= 0.6 is 0 Å². The number of hydrogen-bond acceptors (Lipinski definition) is 5. The quantitative estimate of drug-likeness (QED) is 0.900. The van der Waals surface area contributed by atoms with Crippen LogP contribution in [0.15, 0.2) is 42.6 Å². The van der Waals surface area contributed by atoms with Crippen LogP contribution in [0.5, 0.6) is 0 Å². The van der Waals surface area contributed by atoms with Crippen molar-refractivity contribution in [3.05, 3.63) is 59.3 Å². The van der Waals surface area contributed by atoms with Crippen molar-refractivity contribution in [3.8, 4) is 0 Å². The van der Waals surface area contributed by atoms with E-state index >= 15 is 0 Å². The molecule has 0 bridgehead atoms. The summed E-state index contributed by atoms with van der Waals surface area (Å²) in [5.41, 5.74) is 2.91. The van der Waals surface area contributed by atoms with Crippen LogP contribution in [0.4, 0.5) is 5.82 Å². The van der Waals surface area contributed by atoms with Crippen LogP contribution in [-0.4, -0.2) is 43.0 Å². The molecule has 2 aliphatic heterocycles. The number of carbonyl (C=O) groups is 1. The van der Waals surface area contributed by atoms with Gasteiger partial charge >= 0.3 is 0 Å². The molecule has 6 heteroatoms. The fourth-order valence-corrected chi connectivity index (χ4v) is 3.70. The monoisotopic (exact) mass is 367 g/mol. The fraction of sp³-hybridized carbons (Fsp3) is 0.429. The minimum absolute atomic E-state index is 0.0869. The molecule has 1 aromatic heterocycles. The molecule has 2 fully saturated rings. The van der Waals surface area contributed by atoms with E-state index in [4.69, 9.17) is 9.47 Å². The van der Waals surface area contributed by atoms with E-state index in [1.807, 2.05) is 31.2 Å². The number of hydrogen-bond donors (Lipinski definition) is 1. The molecular weight excluding hydrogens is 342 g/mol. The molecule has 1 aromatic carbocycles. The third-order valence-corrected chi connectivity index (χ3v) is 5.21. The van der Waals surface area contributed by atoms with Crippen molar-refractivity contribution < 1.29 is 14.3 Å². The molecule has 3 heterocycles. The van der Waals surface area contributed by atoms with Gasteiger partial charge in [-0.05, 0) is 24.6 Å². The number of anilines is 1. The first-order valence-electron chi connectivity index (χ1n) is 9.46. The number of nitrogens with zero attached hydrogens (tertiary/aromatic N) is 2. The lowest BCUT2D eigenvalue weighted by molar-refractivity contribution is -0.169. The highest BCUT2D eigenvalue weighted by atomic mass is 16.7. The highest BCUT2D eigenvalue weighted by molar-refractivity contribution is 5.94. The van der Waals surface area contributed by atoms with Gasteiger partial charge in [-0.25, -0.2) is 4.98 Å². The largest absolute Gasteiger partial charge is 0.356 e. The normalized spacial score (nSPS) is 18.6. The summed E-state index contributed by atoms with van der Waals surface area (Å²) in [4.78, 5) is 19.2. The zero-order valence-corrected chi connectivity index (χ0v) is 15.6. The van der Waals surface area contributed by atoms with Gasteiger partial charge in [0.15, 0.2) is 5.79 Å². The van der Waals surface area contributed by atoms with Crippen LogP contribution in [0.3, 0.4) is 0 Å². The van der Waals surface area contributed by atoms with E-state index in [0.717, 1.165) is 37.3 Å². The van der Waals surface area contributed by atoms with E-state index in [0.29, 0.717) is 25.3 Å². The molecule has 0 radical (unpaired) electrons. The van der Waals surface area contributed by atoms with E-state index in [1.165, 1.54) is 5.56 Å². The Morgan fingerprint density at radius 1 is 1.19 bits per heavy atom. The molecule has 1 N–H and O–H groups in total. The van der Waals surface area contributed by atoms with Gasteiger partial charge in [0, 0.05) is 44.2 Å². The predicted molar refractivity (Wildman–Crippen MR) is 103 cm³/mol. The Balaban J connectivity index is 1.38. The first-order valence-corrected chi connectivity index (χ1v) is 9.46. The van der Waals surface area contributed by atoms with Crippen molar-refractivity contribution in [2.75, 3.05) is 31.2 Å². The van der Waals surface area contributed by atoms with Crippen LogP contribution < -0.4 is 10.2 Å². The highest BCUT2D eigenvalue weighted by Crippen LogP contribution is 2.32. The zero-order chi connectivity index (χ0) is 18.7. The molecule has 0 unspecified atom stereocenters. The summed E-state index contributed by atoms with van der Waals surface area (Å²) in [6, 6.07) is 11.8. The molecule has 1 spiro atoms. The summed E-state index contributed by atoms with van der Waals surface area (Å²) in [5, 5.41) is 2.99. The second-order valence-corrected chi connectivity index (χ2v) is 7.17. The van der Waals surface area contributed by atoms with E-state index in [2.05, 4.69) is 21.3 Å². The first kappa shape index (κ1) is 17.9. The lowest BCUT2D eigenvalue weighted by atomic mass is 10.0. The Labute approximate surface area is 159 Å². The molecule has 27 heavy (non-hydrogen) atoms. The van der Waals surface area contributed by atoms with Crippen LogP contribution in [0.1, 0.15) is 34.3 Å². The van der Waals surface area contributed by atoms with Crippen molar-refractivity contribution in [2.24, 2.45) is 0 Å². The Morgan fingerprint density at radius 3 is 2.70 bits per heavy atom. The third kappa shape index (κ3) is 4.12. The van der Waals surface area contributed by atoms with Crippen LogP contribution in [0, 0.1) is 6.92 Å². The number of benzene rings is 1. The Bertz CT molecular complexity index is 808. The summed E-state index contributed by atoms with van der Waals surface area (Å²) in [7, 11) is 0. The summed E-state index contributed by atoms with van der Waals surface area (Å²) in [6.07, 6.45) is 3.33. The summed E-state index contributed by atoms with van der Waals surface area (Å²) < 4.78 is 11.6. The maximum absolute atomic E-state index is 12.5. The second kappa shape index (κ2) is 7.66. The van der Waals surface area contributed by atoms with Gasteiger partial charge in [0.2, 0.25) is 0 Å². The van der Waals surface area contributed by atoms with Gasteiger partial charge in [-0.3, -0.25) is 4.79 Å². The maximum atomic E-state index is 12.5. The van der Waals surface area contributed by atoms with Crippen molar-refractivity contribution in [1.29, 1.82) is 0 Å². The van der Waals surface area contributed by atoms with Gasteiger partial charge < -0.3 is 19.7 Å². The van der Waals surface area contributed by atoms with Crippen molar-refractivity contribution in [2.45, 2.75) is 32.1 Å². The number of aryl methyl sites for hydroxylation is 1. The molecule has 0 atom stereocenters. The van der Waals surface area contributed by atoms with E-state index in [-0.39, 0.29) is 5.91 Å². The predicted octanol–water partition coefficient (Wildman–Crippen LogP) is 2.66. The number of rotatable bonds is 4. The molecule has 0 saturated carbocycles. The van der Waals surface area contributed by atoms with Crippen LogP contribution in [0.2, 0.25) is 0 Å². The molecule has 2 aliphatic rings. The summed E-state index contributed by atoms with van der Waals surface area (Å²) in [6.45, 7) is 5.52. The van der Waals surface area contributed by atoms with Crippen LogP contribution in [0.25, 0.3) is 0 Å². The smallest absolute Gasteiger partial charge is 0.251 e. The minimum Gasteiger partial charge on any atom is -0.356 e. The summed E-state index contributed by atoms with van der Waals surface area (Å²) in [5.74, 6) is 0.335. The highest BCUT2D eigenvalue weighted by Gasteiger charge is 2.40. The molecule has 6 nitrogen and oxygen atoms in total. The Morgan fingerprint density at radius 2 is 1.96 bits per heavy atom. The number of piperidine rings is 1. The number of ether oxygens (including phenoxy) is 2.